The van der Waals surface area contributed by atoms with Crippen LogP contribution in [-0.2, 0) is 24.6 Å². The molecule has 0 amide bonds. The van der Waals surface area contributed by atoms with E-state index in [0.29, 0.717) is 16.0 Å². The minimum atomic E-state index is -2.31. The zero-order valence-corrected chi connectivity index (χ0v) is 22.3. The first-order chi connectivity index (χ1) is 19.3. The largest absolute Gasteiger partial charge is 0.452 e. The molecule has 194 valence electrons. The number of Topliss-reactive ketones (excluding diaryl/α,β-unsaturated/α-hetero) is 1. The molecular formula is C32H21ClN4O3. The van der Waals surface area contributed by atoms with Crippen molar-refractivity contribution in [2.45, 2.75) is 5.79 Å². The molecule has 0 spiro atoms. The molecule has 0 radical (unpaired) electrons. The maximum Gasteiger partial charge on any atom is 0.264 e. The molecule has 0 bridgehead atoms. The van der Waals surface area contributed by atoms with Gasteiger partial charge in [-0.25, -0.2) is 0 Å². The number of carbonyl (C=O) groups is 1. The third-order valence-electron chi connectivity index (χ3n) is 7.29. The molecule has 1 aliphatic rings. The molecule has 1 atom stereocenters. The number of aryl methyl sites for hydroxylation is 2. The smallest absolute Gasteiger partial charge is 0.264 e. The summed E-state index contributed by atoms with van der Waals surface area (Å²) in [4.78, 5) is 14.1. The lowest BCUT2D eigenvalue weighted by Crippen LogP contribution is -2.29. The lowest BCUT2D eigenvalue weighted by Gasteiger charge is -2.26. The number of carbonyl (C=O) groups excluding carboxylic acids is 1. The van der Waals surface area contributed by atoms with Gasteiger partial charge in [-0.15, -0.1) is 0 Å². The van der Waals surface area contributed by atoms with Crippen molar-refractivity contribution < 1.29 is 14.6 Å². The van der Waals surface area contributed by atoms with Gasteiger partial charge in [-0.05, 0) is 24.3 Å². The Kier molecular flexibility index (Phi) is 5.85. The zero-order chi connectivity index (χ0) is 28.2. The SMILES string of the molecule is Cn1cc(C(=O)/C(C#N)=C2\C(C#N)=C(c3cn(C)c4ccccc34)OC2(O)c2ccc(Cl)cc2)c2ccccc21. The Morgan fingerprint density at radius 1 is 0.900 bits per heavy atom. The molecule has 5 aromatic rings. The summed E-state index contributed by atoms with van der Waals surface area (Å²) in [5, 5.41) is 34.9. The fourth-order valence-electron chi connectivity index (χ4n) is 5.40. The summed E-state index contributed by atoms with van der Waals surface area (Å²) >= 11 is 6.12. The van der Waals surface area contributed by atoms with E-state index in [1.807, 2.05) is 54.1 Å². The minimum Gasteiger partial charge on any atom is -0.452 e. The molecule has 1 aliphatic heterocycles. The third-order valence-corrected chi connectivity index (χ3v) is 7.54. The summed E-state index contributed by atoms with van der Waals surface area (Å²) in [5.74, 6) is -2.87. The molecule has 8 heteroatoms. The van der Waals surface area contributed by atoms with Crippen LogP contribution >= 0.6 is 11.6 Å². The summed E-state index contributed by atoms with van der Waals surface area (Å²) in [6.45, 7) is 0. The van der Waals surface area contributed by atoms with Crippen LogP contribution in [0.25, 0.3) is 27.6 Å². The molecule has 3 aromatic carbocycles. The highest BCUT2D eigenvalue weighted by molar-refractivity contribution is 6.30. The highest BCUT2D eigenvalue weighted by atomic mass is 35.5. The predicted octanol–water partition coefficient (Wildman–Crippen LogP) is 6.14. The fourth-order valence-corrected chi connectivity index (χ4v) is 5.53. The molecule has 0 saturated heterocycles. The molecule has 1 N–H and O–H groups in total. The first-order valence-electron chi connectivity index (χ1n) is 12.4. The van der Waals surface area contributed by atoms with Crippen LogP contribution in [0.1, 0.15) is 21.5 Å². The van der Waals surface area contributed by atoms with Crippen LogP contribution in [-0.4, -0.2) is 20.0 Å². The van der Waals surface area contributed by atoms with E-state index < -0.39 is 11.6 Å². The van der Waals surface area contributed by atoms with E-state index in [9.17, 15) is 20.4 Å². The molecule has 0 saturated carbocycles. The van der Waals surface area contributed by atoms with Crippen LogP contribution in [0.15, 0.2) is 102 Å². The van der Waals surface area contributed by atoms with Crippen molar-refractivity contribution in [3.63, 3.8) is 0 Å². The van der Waals surface area contributed by atoms with E-state index >= 15 is 0 Å². The summed E-state index contributed by atoms with van der Waals surface area (Å²) in [6, 6.07) is 25.2. The van der Waals surface area contributed by atoms with Crippen molar-refractivity contribution in [3.05, 3.63) is 124 Å². The molecule has 0 fully saturated rings. The average molecular weight is 545 g/mol. The number of ether oxygens (including phenoxy) is 1. The number of halogens is 1. The van der Waals surface area contributed by atoms with E-state index in [1.54, 1.807) is 60.4 Å². The fraction of sp³-hybridized carbons (Fsp3) is 0.0938. The maximum absolute atomic E-state index is 14.1. The second-order valence-corrected chi connectivity index (χ2v) is 10.0. The standard InChI is InChI=1S/C32H21ClN4O3/c1-36-17-25(21-7-3-5-9-27(21)36)30(38)23(15-34)29-24(16-35)31(26-18-37(2)28-10-6-4-8-22(26)28)40-32(29,39)19-11-13-20(33)14-12-19/h3-14,17-18,39H,1-2H3/b29-23+. The molecule has 0 aliphatic carbocycles. The number of allylic oxidation sites excluding steroid dienone is 1. The molecule has 2 aromatic heterocycles. The third kappa shape index (κ3) is 3.65. The van der Waals surface area contributed by atoms with Gasteiger partial charge in [-0.2, -0.15) is 10.5 Å². The summed E-state index contributed by atoms with van der Waals surface area (Å²) in [5.41, 5.74) is 2.03. The molecule has 1 unspecified atom stereocenters. The quantitative estimate of drug-likeness (QED) is 0.166. The number of fused-ring (bicyclic) bond motifs is 2. The predicted molar refractivity (Wildman–Crippen MR) is 152 cm³/mol. The number of aromatic nitrogens is 2. The Bertz CT molecular complexity index is 2020. The number of nitrogens with zero attached hydrogens (tertiary/aromatic N) is 4. The number of rotatable bonds is 4. The Morgan fingerprint density at radius 2 is 1.50 bits per heavy atom. The maximum atomic E-state index is 14.1. The van der Waals surface area contributed by atoms with Crippen molar-refractivity contribution in [2.24, 2.45) is 14.1 Å². The normalized spacial score (nSPS) is 18.1. The van der Waals surface area contributed by atoms with Gasteiger partial charge < -0.3 is 19.0 Å². The van der Waals surface area contributed by atoms with Crippen molar-refractivity contribution in [3.8, 4) is 12.1 Å². The lowest BCUT2D eigenvalue weighted by molar-refractivity contribution is -0.120. The first kappa shape index (κ1) is 25.2. The number of nitriles is 2. The van der Waals surface area contributed by atoms with Crippen LogP contribution < -0.4 is 0 Å². The van der Waals surface area contributed by atoms with Crippen LogP contribution in [0.2, 0.25) is 5.02 Å². The van der Waals surface area contributed by atoms with E-state index in [4.69, 9.17) is 16.3 Å². The van der Waals surface area contributed by atoms with Gasteiger partial charge in [0.1, 0.15) is 23.3 Å². The van der Waals surface area contributed by atoms with Crippen LogP contribution in [0.4, 0.5) is 0 Å². The van der Waals surface area contributed by atoms with Gasteiger partial charge in [0, 0.05) is 70.0 Å². The number of hydrogen-bond donors (Lipinski definition) is 1. The van der Waals surface area contributed by atoms with E-state index in [-0.39, 0.29) is 33.6 Å². The molecule has 6 rings (SSSR count). The van der Waals surface area contributed by atoms with Gasteiger partial charge in [0.05, 0.1) is 5.57 Å². The van der Waals surface area contributed by atoms with Gasteiger partial charge in [-0.1, -0.05) is 60.1 Å². The highest BCUT2D eigenvalue weighted by Crippen LogP contribution is 2.50. The van der Waals surface area contributed by atoms with Gasteiger partial charge >= 0.3 is 0 Å². The van der Waals surface area contributed by atoms with Crippen LogP contribution in [0, 0.1) is 22.7 Å². The second-order valence-electron chi connectivity index (χ2n) is 9.60. The molecular weight excluding hydrogens is 524 g/mol. The van der Waals surface area contributed by atoms with Gasteiger partial charge in [-0.3, -0.25) is 4.79 Å². The van der Waals surface area contributed by atoms with Gasteiger partial charge in [0.25, 0.3) is 5.79 Å². The monoisotopic (exact) mass is 544 g/mol. The Balaban J connectivity index is 1.67. The average Bonchev–Trinajstić information content (AvgIpc) is 3.59. The first-order valence-corrected chi connectivity index (χ1v) is 12.8. The Labute approximate surface area is 234 Å². The van der Waals surface area contributed by atoms with E-state index in [2.05, 4.69) is 6.07 Å². The van der Waals surface area contributed by atoms with Crippen molar-refractivity contribution in [1.82, 2.24) is 9.13 Å². The molecule has 40 heavy (non-hydrogen) atoms. The highest BCUT2D eigenvalue weighted by Gasteiger charge is 2.50. The number of benzene rings is 3. The summed E-state index contributed by atoms with van der Waals surface area (Å²) in [7, 11) is 3.67. The molecule has 3 heterocycles. The lowest BCUT2D eigenvalue weighted by atomic mass is 9.86. The number of aliphatic hydroxyl groups is 1. The van der Waals surface area contributed by atoms with E-state index in [0.717, 1.165) is 16.4 Å². The van der Waals surface area contributed by atoms with Crippen LogP contribution in [0.3, 0.4) is 0 Å². The van der Waals surface area contributed by atoms with Crippen LogP contribution in [0.5, 0.6) is 0 Å². The number of ketones is 1. The van der Waals surface area contributed by atoms with Crippen molar-refractivity contribution >= 4 is 44.9 Å². The number of hydrogen-bond acceptors (Lipinski definition) is 5. The molecule has 7 nitrogen and oxygen atoms in total. The Morgan fingerprint density at radius 3 is 2.15 bits per heavy atom. The van der Waals surface area contributed by atoms with Gasteiger partial charge in [0.2, 0.25) is 5.78 Å². The topological polar surface area (TPSA) is 104 Å². The van der Waals surface area contributed by atoms with Gasteiger partial charge in [0.15, 0.2) is 5.76 Å². The number of para-hydroxylation sites is 2. The van der Waals surface area contributed by atoms with Crippen molar-refractivity contribution in [2.75, 3.05) is 0 Å². The minimum absolute atomic E-state index is 0.0743. The summed E-state index contributed by atoms with van der Waals surface area (Å²) in [6.07, 6.45) is 3.44. The van der Waals surface area contributed by atoms with E-state index in [1.165, 1.54) is 0 Å². The zero-order valence-electron chi connectivity index (χ0n) is 21.5. The van der Waals surface area contributed by atoms with Crippen molar-refractivity contribution in [1.29, 1.82) is 10.5 Å². The second kappa shape index (κ2) is 9.29. The Hall–Kier alpha value is -5.08. The summed E-state index contributed by atoms with van der Waals surface area (Å²) < 4.78 is 9.92.